The van der Waals surface area contributed by atoms with Gasteiger partial charge in [-0.25, -0.2) is 0 Å². The molecule has 2 aliphatic rings. The van der Waals surface area contributed by atoms with Crippen LogP contribution in [-0.4, -0.2) is 29.8 Å². The molecule has 0 radical (unpaired) electrons. The average Bonchev–Trinajstić information content (AvgIpc) is 3.18. The molecule has 3 heterocycles. The zero-order valence-electron chi connectivity index (χ0n) is 11.9. The second kappa shape index (κ2) is 5.31. The van der Waals surface area contributed by atoms with Gasteiger partial charge in [-0.2, -0.15) is 4.98 Å². The maximum Gasteiger partial charge on any atom is 0.234 e. The van der Waals surface area contributed by atoms with Crippen LogP contribution in [0.25, 0.3) is 11.4 Å². The van der Waals surface area contributed by atoms with E-state index in [9.17, 15) is 0 Å². The third-order valence-electron chi connectivity index (χ3n) is 4.26. The highest BCUT2D eigenvalue weighted by molar-refractivity contribution is 5.85. The maximum atomic E-state index is 5.52. The van der Waals surface area contributed by atoms with Gasteiger partial charge in [-0.05, 0) is 43.7 Å². The summed E-state index contributed by atoms with van der Waals surface area (Å²) in [6, 6.07) is 6.09. The molecule has 4 rings (SSSR count). The minimum absolute atomic E-state index is 0. The van der Waals surface area contributed by atoms with E-state index in [1.54, 1.807) is 0 Å². The fraction of sp³-hybridized carbons (Fsp3) is 0.467. The van der Waals surface area contributed by atoms with Crippen LogP contribution in [0.2, 0.25) is 0 Å². The minimum Gasteiger partial charge on any atom is -0.493 e. The highest BCUT2D eigenvalue weighted by Crippen LogP contribution is 2.32. The Balaban J connectivity index is 0.00000132. The van der Waals surface area contributed by atoms with Gasteiger partial charge in [-0.15, -0.1) is 12.4 Å². The summed E-state index contributed by atoms with van der Waals surface area (Å²) in [5.74, 6) is 2.38. The SMILES string of the molecule is CC1(c2nc(-c3ccc4c(c3)CCO4)no2)CCNC1.Cl. The van der Waals surface area contributed by atoms with E-state index in [-0.39, 0.29) is 17.8 Å². The molecule has 0 spiro atoms. The van der Waals surface area contributed by atoms with Crippen LogP contribution in [-0.2, 0) is 11.8 Å². The molecular weight excluding hydrogens is 290 g/mol. The van der Waals surface area contributed by atoms with Crippen molar-refractivity contribution >= 4 is 12.4 Å². The van der Waals surface area contributed by atoms with Crippen molar-refractivity contribution in [1.82, 2.24) is 15.5 Å². The highest BCUT2D eigenvalue weighted by Gasteiger charge is 2.36. The summed E-state index contributed by atoms with van der Waals surface area (Å²) in [5, 5.41) is 7.50. The lowest BCUT2D eigenvalue weighted by Crippen LogP contribution is -2.25. The Bertz CT molecular complexity index is 650. The fourth-order valence-corrected chi connectivity index (χ4v) is 2.91. The maximum absolute atomic E-state index is 5.52. The second-order valence-corrected chi connectivity index (χ2v) is 5.83. The van der Waals surface area contributed by atoms with E-state index < -0.39 is 0 Å². The highest BCUT2D eigenvalue weighted by atomic mass is 35.5. The van der Waals surface area contributed by atoms with E-state index in [1.165, 1.54) is 5.56 Å². The first-order valence-corrected chi connectivity index (χ1v) is 7.06. The van der Waals surface area contributed by atoms with E-state index in [0.29, 0.717) is 5.82 Å². The van der Waals surface area contributed by atoms with Gasteiger partial charge in [0.2, 0.25) is 11.7 Å². The second-order valence-electron chi connectivity index (χ2n) is 5.83. The van der Waals surface area contributed by atoms with Gasteiger partial charge in [0.25, 0.3) is 0 Å². The molecule has 1 saturated heterocycles. The summed E-state index contributed by atoms with van der Waals surface area (Å²) in [6.07, 6.45) is 1.99. The Kier molecular flexibility index (Phi) is 3.63. The number of nitrogens with one attached hydrogen (secondary N) is 1. The number of hydrogen-bond acceptors (Lipinski definition) is 5. The van der Waals surface area contributed by atoms with E-state index >= 15 is 0 Å². The molecular formula is C15H18ClN3O2. The van der Waals surface area contributed by atoms with Crippen LogP contribution in [0, 0.1) is 0 Å². The lowest BCUT2D eigenvalue weighted by Gasteiger charge is -2.15. The van der Waals surface area contributed by atoms with Crippen LogP contribution in [0.3, 0.4) is 0 Å². The summed E-state index contributed by atoms with van der Waals surface area (Å²) in [7, 11) is 0. The van der Waals surface area contributed by atoms with Gasteiger partial charge in [-0.1, -0.05) is 5.16 Å². The Labute approximate surface area is 129 Å². The zero-order chi connectivity index (χ0) is 13.6. The summed E-state index contributed by atoms with van der Waals surface area (Å²) in [5.41, 5.74) is 2.19. The molecule has 1 N–H and O–H groups in total. The van der Waals surface area contributed by atoms with Crippen molar-refractivity contribution in [2.24, 2.45) is 0 Å². The molecule has 0 saturated carbocycles. The van der Waals surface area contributed by atoms with E-state index in [1.807, 2.05) is 12.1 Å². The van der Waals surface area contributed by atoms with Crippen LogP contribution in [0.5, 0.6) is 5.75 Å². The van der Waals surface area contributed by atoms with Gasteiger partial charge in [-0.3, -0.25) is 0 Å². The van der Waals surface area contributed by atoms with Gasteiger partial charge < -0.3 is 14.6 Å². The van der Waals surface area contributed by atoms with Crippen molar-refractivity contribution in [3.63, 3.8) is 0 Å². The van der Waals surface area contributed by atoms with Crippen molar-refractivity contribution in [2.75, 3.05) is 19.7 Å². The smallest absolute Gasteiger partial charge is 0.234 e. The lowest BCUT2D eigenvalue weighted by molar-refractivity contribution is 0.306. The van der Waals surface area contributed by atoms with Crippen molar-refractivity contribution in [3.8, 4) is 17.1 Å². The largest absolute Gasteiger partial charge is 0.493 e. The Hall–Kier alpha value is -1.59. The topological polar surface area (TPSA) is 60.2 Å². The first-order chi connectivity index (χ1) is 9.74. The van der Waals surface area contributed by atoms with E-state index in [0.717, 1.165) is 49.7 Å². The first-order valence-electron chi connectivity index (χ1n) is 7.06. The standard InChI is InChI=1S/C15H17N3O2.ClH/c1-15(5-6-16-9-15)14-17-13(18-20-14)11-2-3-12-10(8-11)4-7-19-12;/h2-3,8,16H,4-7,9H2,1H3;1H. The molecule has 2 aromatic rings. The normalized spacial score (nSPS) is 23.5. The summed E-state index contributed by atoms with van der Waals surface area (Å²) >= 11 is 0. The Morgan fingerprint density at radius 1 is 1.33 bits per heavy atom. The summed E-state index contributed by atoms with van der Waals surface area (Å²) in [6.45, 7) is 4.83. The first kappa shape index (κ1) is 14.4. The number of benzene rings is 1. The predicted molar refractivity (Wildman–Crippen MR) is 81.0 cm³/mol. The third kappa shape index (κ3) is 2.40. The molecule has 0 amide bonds. The number of nitrogens with zero attached hydrogens (tertiary/aromatic N) is 2. The van der Waals surface area contributed by atoms with Crippen LogP contribution >= 0.6 is 12.4 Å². The van der Waals surface area contributed by atoms with Gasteiger partial charge in [0.1, 0.15) is 5.75 Å². The van der Waals surface area contributed by atoms with Crippen molar-refractivity contribution in [3.05, 3.63) is 29.7 Å². The van der Waals surface area contributed by atoms with Crippen LogP contribution in [0.15, 0.2) is 22.7 Å². The number of fused-ring (bicyclic) bond motifs is 1. The number of hydrogen-bond donors (Lipinski definition) is 1. The van der Waals surface area contributed by atoms with Crippen LogP contribution in [0.4, 0.5) is 0 Å². The Morgan fingerprint density at radius 2 is 2.24 bits per heavy atom. The molecule has 5 nitrogen and oxygen atoms in total. The fourth-order valence-electron chi connectivity index (χ4n) is 2.91. The number of rotatable bonds is 2. The minimum atomic E-state index is -0.0366. The molecule has 1 aromatic heterocycles. The quantitative estimate of drug-likeness (QED) is 0.923. The molecule has 6 heteroatoms. The van der Waals surface area contributed by atoms with Gasteiger partial charge >= 0.3 is 0 Å². The average molecular weight is 308 g/mol. The molecule has 0 bridgehead atoms. The van der Waals surface area contributed by atoms with E-state index in [4.69, 9.17) is 9.26 Å². The number of halogens is 1. The number of ether oxygens (including phenoxy) is 1. The lowest BCUT2D eigenvalue weighted by atomic mass is 9.90. The molecule has 1 atom stereocenters. The number of aromatic nitrogens is 2. The van der Waals surface area contributed by atoms with Crippen molar-refractivity contribution < 1.29 is 9.26 Å². The van der Waals surface area contributed by atoms with Gasteiger partial charge in [0.05, 0.1) is 12.0 Å². The molecule has 21 heavy (non-hydrogen) atoms. The van der Waals surface area contributed by atoms with Crippen molar-refractivity contribution in [2.45, 2.75) is 25.2 Å². The van der Waals surface area contributed by atoms with Gasteiger partial charge in [0.15, 0.2) is 0 Å². The van der Waals surface area contributed by atoms with Crippen LogP contribution < -0.4 is 10.1 Å². The van der Waals surface area contributed by atoms with E-state index in [2.05, 4.69) is 28.4 Å². The summed E-state index contributed by atoms with van der Waals surface area (Å²) in [4.78, 5) is 4.60. The monoisotopic (exact) mass is 307 g/mol. The summed E-state index contributed by atoms with van der Waals surface area (Å²) < 4.78 is 11.0. The molecule has 0 aliphatic carbocycles. The third-order valence-corrected chi connectivity index (χ3v) is 4.26. The van der Waals surface area contributed by atoms with Crippen LogP contribution in [0.1, 0.15) is 24.8 Å². The molecule has 1 fully saturated rings. The molecule has 1 aromatic carbocycles. The Morgan fingerprint density at radius 3 is 3.05 bits per heavy atom. The van der Waals surface area contributed by atoms with Gasteiger partial charge in [0, 0.05) is 18.5 Å². The molecule has 2 aliphatic heterocycles. The molecule has 112 valence electrons. The zero-order valence-corrected chi connectivity index (χ0v) is 12.7. The van der Waals surface area contributed by atoms with Crippen molar-refractivity contribution in [1.29, 1.82) is 0 Å². The molecule has 1 unspecified atom stereocenters. The predicted octanol–water partition coefficient (Wildman–Crippen LogP) is 2.34.